The second kappa shape index (κ2) is 12.3. The van der Waals surface area contributed by atoms with Gasteiger partial charge in [-0.25, -0.2) is 23.9 Å². The Morgan fingerprint density at radius 3 is 2.26 bits per heavy atom. The van der Waals surface area contributed by atoms with Crippen molar-refractivity contribution in [1.82, 2.24) is 14.9 Å². The zero-order valence-electron chi connectivity index (χ0n) is 20.6. The number of methoxy groups -OCH3 is 1. The molecule has 0 unspecified atom stereocenters. The molecule has 38 heavy (non-hydrogen) atoms. The molecule has 0 radical (unpaired) electrons. The summed E-state index contributed by atoms with van der Waals surface area (Å²) in [6.07, 6.45) is 0.103. The van der Waals surface area contributed by atoms with Crippen molar-refractivity contribution in [3.05, 3.63) is 71.8 Å². The smallest absolute Gasteiger partial charge is 0.413 e. The Morgan fingerprint density at radius 2 is 1.58 bits per heavy atom. The minimum atomic E-state index is -0.757. The minimum Gasteiger partial charge on any atom is -0.453 e. The Labute approximate surface area is 228 Å². The molecule has 0 bridgehead atoms. The van der Waals surface area contributed by atoms with Gasteiger partial charge in [0.1, 0.15) is 0 Å². The Morgan fingerprint density at radius 1 is 0.921 bits per heavy atom. The highest BCUT2D eigenvalue weighted by molar-refractivity contribution is 7.99. The summed E-state index contributed by atoms with van der Waals surface area (Å²) in [4.78, 5) is 43.2. The van der Waals surface area contributed by atoms with Crippen LogP contribution >= 0.6 is 23.4 Å². The van der Waals surface area contributed by atoms with Gasteiger partial charge in [-0.3, -0.25) is 5.32 Å². The lowest BCUT2D eigenvalue weighted by Crippen LogP contribution is -2.29. The van der Waals surface area contributed by atoms with Gasteiger partial charge in [-0.1, -0.05) is 30.3 Å². The van der Waals surface area contributed by atoms with Gasteiger partial charge < -0.3 is 20.7 Å². The van der Waals surface area contributed by atoms with Crippen molar-refractivity contribution >= 4 is 69.9 Å². The number of anilines is 3. The number of nitrogens with one attached hydrogen (secondary N) is 4. The fourth-order valence-electron chi connectivity index (χ4n) is 3.42. The van der Waals surface area contributed by atoms with Gasteiger partial charge >= 0.3 is 18.2 Å². The summed E-state index contributed by atoms with van der Waals surface area (Å²) in [5, 5.41) is 11.4. The third kappa shape index (κ3) is 6.75. The van der Waals surface area contributed by atoms with Crippen LogP contribution in [-0.4, -0.2) is 41.4 Å². The quantitative estimate of drug-likeness (QED) is 0.204. The number of hydrogen-bond donors (Lipinski definition) is 4. The van der Waals surface area contributed by atoms with Crippen LogP contribution in [0, 0.1) is 0 Å². The van der Waals surface area contributed by atoms with Crippen LogP contribution in [0.15, 0.2) is 76.5 Å². The molecule has 4 aromatic rings. The summed E-state index contributed by atoms with van der Waals surface area (Å²) in [6.45, 7) is 2.60. The lowest BCUT2D eigenvalue weighted by Gasteiger charge is -2.10. The number of imidazole rings is 1. The molecule has 1 aromatic heterocycles. The van der Waals surface area contributed by atoms with Crippen molar-refractivity contribution in [3.8, 4) is 0 Å². The molecule has 0 saturated carbocycles. The molecule has 0 spiro atoms. The predicted molar refractivity (Wildman–Crippen MR) is 150 cm³/mol. The average molecular weight is 553 g/mol. The fourth-order valence-corrected chi connectivity index (χ4v) is 4.40. The molecule has 3 aromatic carbocycles. The normalized spacial score (nSPS) is 10.6. The molecule has 4 N–H and O–H groups in total. The maximum atomic E-state index is 13.2. The van der Waals surface area contributed by atoms with E-state index < -0.39 is 12.1 Å². The van der Waals surface area contributed by atoms with Gasteiger partial charge in [0.2, 0.25) is 5.95 Å². The molecule has 1 heterocycles. The third-order valence-electron chi connectivity index (χ3n) is 5.21. The summed E-state index contributed by atoms with van der Waals surface area (Å²) in [5.41, 5.74) is 2.20. The van der Waals surface area contributed by atoms with Gasteiger partial charge in [-0.2, -0.15) is 0 Å². The molecule has 196 valence electrons. The number of benzene rings is 3. The molecule has 0 fully saturated rings. The van der Waals surface area contributed by atoms with Crippen molar-refractivity contribution in [2.75, 3.05) is 29.6 Å². The number of urea groups is 1. The number of halogens is 1. The van der Waals surface area contributed by atoms with Crippen LogP contribution in [0.3, 0.4) is 0 Å². The molecule has 0 atom stereocenters. The van der Waals surface area contributed by atoms with E-state index in [4.69, 9.17) is 11.6 Å². The zero-order chi connectivity index (χ0) is 27.1. The van der Waals surface area contributed by atoms with Crippen LogP contribution in [0.4, 0.5) is 31.7 Å². The zero-order valence-corrected chi connectivity index (χ0v) is 22.2. The summed E-state index contributed by atoms with van der Waals surface area (Å²) < 4.78 is 5.95. The number of nitrogens with zero attached hydrogens (tertiary/aromatic N) is 2. The van der Waals surface area contributed by atoms with Gasteiger partial charge in [0.05, 0.1) is 18.1 Å². The molecule has 0 aliphatic rings. The van der Waals surface area contributed by atoms with Gasteiger partial charge in [0.15, 0.2) is 0 Å². The van der Waals surface area contributed by atoms with Crippen molar-refractivity contribution in [3.63, 3.8) is 0 Å². The molecule has 0 aliphatic heterocycles. The molecule has 0 aliphatic carbocycles. The highest BCUT2D eigenvalue weighted by Gasteiger charge is 2.20. The summed E-state index contributed by atoms with van der Waals surface area (Å²) in [7, 11) is 1.23. The number of fused-ring (bicyclic) bond motifs is 1. The van der Waals surface area contributed by atoms with Crippen molar-refractivity contribution < 1.29 is 19.1 Å². The summed E-state index contributed by atoms with van der Waals surface area (Å²) in [6, 6.07) is 18.7. The number of aromatic nitrogens is 2. The largest absolute Gasteiger partial charge is 0.453 e. The minimum absolute atomic E-state index is 0.0113. The monoisotopic (exact) mass is 552 g/mol. The number of rotatable bonds is 7. The van der Waals surface area contributed by atoms with Crippen LogP contribution in [0.2, 0.25) is 5.02 Å². The van der Waals surface area contributed by atoms with Crippen molar-refractivity contribution in [2.45, 2.75) is 23.1 Å². The third-order valence-corrected chi connectivity index (χ3v) is 6.46. The first kappa shape index (κ1) is 26.8. The SMILES string of the molecule is CCCNC(=O)Nc1ccc(Sc2ccc3c(c2)nc(NC(=O)OC)n3C(=O)Nc2ccc(Cl)cc2)cc1. The second-order valence-corrected chi connectivity index (χ2v) is 9.57. The maximum absolute atomic E-state index is 13.2. The van der Waals surface area contributed by atoms with Crippen LogP contribution in [0.5, 0.6) is 0 Å². The number of carbonyl (C=O) groups is 3. The molecule has 0 saturated heterocycles. The molecule has 4 amide bonds. The summed E-state index contributed by atoms with van der Waals surface area (Å²) in [5.74, 6) is 0.0113. The molecular formula is C26H25ClN6O4S. The van der Waals surface area contributed by atoms with Gasteiger partial charge in [-0.05, 0) is 73.2 Å². The Bertz CT molecular complexity index is 1460. The van der Waals surface area contributed by atoms with Crippen LogP contribution in [-0.2, 0) is 4.74 Å². The van der Waals surface area contributed by atoms with E-state index in [2.05, 4.69) is 31.0 Å². The highest BCUT2D eigenvalue weighted by atomic mass is 35.5. The molecular weight excluding hydrogens is 528 g/mol. The van der Waals surface area contributed by atoms with Crippen molar-refractivity contribution in [1.29, 1.82) is 0 Å². The van der Waals surface area contributed by atoms with Gasteiger partial charge in [-0.15, -0.1) is 0 Å². The number of hydrogen-bond acceptors (Lipinski definition) is 6. The lowest BCUT2D eigenvalue weighted by molar-refractivity contribution is 0.186. The number of carbonyl (C=O) groups excluding carboxylic acids is 3. The Kier molecular flexibility index (Phi) is 8.72. The van der Waals surface area contributed by atoms with E-state index in [9.17, 15) is 14.4 Å². The second-order valence-electron chi connectivity index (χ2n) is 7.98. The van der Waals surface area contributed by atoms with E-state index in [0.717, 1.165) is 16.2 Å². The van der Waals surface area contributed by atoms with Crippen LogP contribution in [0.1, 0.15) is 13.3 Å². The Hall–Kier alpha value is -4.22. The van der Waals surface area contributed by atoms with E-state index in [1.54, 1.807) is 30.3 Å². The van der Waals surface area contributed by atoms with Gasteiger partial charge in [0, 0.05) is 32.7 Å². The standard InChI is InChI=1S/C26H25ClN6O4S/c1-3-14-28-24(34)29-17-8-10-19(11-9-17)38-20-12-13-22-21(15-20)31-23(32-26(36)37-2)33(22)25(35)30-18-6-4-16(27)5-7-18/h4-13,15H,3,14H2,1-2H3,(H,30,35)(H2,28,29,34)(H,31,32,36). The molecule has 12 heteroatoms. The summed E-state index contributed by atoms with van der Waals surface area (Å²) >= 11 is 7.42. The number of ether oxygens (including phenoxy) is 1. The molecule has 10 nitrogen and oxygen atoms in total. The first-order chi connectivity index (χ1) is 18.4. The Balaban J connectivity index is 1.55. The van der Waals surface area contributed by atoms with E-state index >= 15 is 0 Å². The van der Waals surface area contributed by atoms with E-state index in [1.165, 1.54) is 23.4 Å². The van der Waals surface area contributed by atoms with Crippen LogP contribution in [0.25, 0.3) is 11.0 Å². The van der Waals surface area contributed by atoms with Gasteiger partial charge in [0.25, 0.3) is 0 Å². The average Bonchev–Trinajstić information content (AvgIpc) is 3.26. The van der Waals surface area contributed by atoms with Crippen LogP contribution < -0.4 is 21.3 Å². The molecule has 4 rings (SSSR count). The fraction of sp³-hybridized carbons (Fsp3) is 0.154. The van der Waals surface area contributed by atoms with Crippen molar-refractivity contribution in [2.24, 2.45) is 0 Å². The number of amides is 4. The highest BCUT2D eigenvalue weighted by Crippen LogP contribution is 2.32. The van der Waals surface area contributed by atoms with E-state index in [1.807, 2.05) is 43.3 Å². The van der Waals surface area contributed by atoms with E-state index in [0.29, 0.717) is 34.0 Å². The first-order valence-corrected chi connectivity index (χ1v) is 12.8. The predicted octanol–water partition coefficient (Wildman–Crippen LogP) is 6.63. The van der Waals surface area contributed by atoms with E-state index in [-0.39, 0.29) is 12.0 Å². The maximum Gasteiger partial charge on any atom is 0.413 e. The lowest BCUT2D eigenvalue weighted by atomic mass is 10.3. The first-order valence-electron chi connectivity index (χ1n) is 11.6. The topological polar surface area (TPSA) is 126 Å².